The lowest BCUT2D eigenvalue weighted by molar-refractivity contribution is -0.138. The third-order valence-corrected chi connectivity index (χ3v) is 3.18. The first-order chi connectivity index (χ1) is 9.47. The molecule has 0 radical (unpaired) electrons. The number of halogens is 1. The molecule has 0 amide bonds. The minimum absolute atomic E-state index is 0.0797. The van der Waals surface area contributed by atoms with Crippen molar-refractivity contribution < 1.29 is 19.0 Å². The van der Waals surface area contributed by atoms with Gasteiger partial charge < -0.3 is 14.7 Å². The number of fused-ring (bicyclic) bond motifs is 1. The maximum Gasteiger partial charge on any atom is 0.326 e. The molecule has 6 nitrogen and oxygen atoms in total. The Morgan fingerprint density at radius 2 is 2.15 bits per heavy atom. The molecular formula is C13H14FN3O3. The summed E-state index contributed by atoms with van der Waals surface area (Å²) in [4.78, 5) is 20.4. The number of aliphatic carboxylic acids is 1. The largest absolute Gasteiger partial charge is 0.494 e. The van der Waals surface area contributed by atoms with Crippen molar-refractivity contribution in [3.05, 3.63) is 24.3 Å². The summed E-state index contributed by atoms with van der Waals surface area (Å²) in [6, 6.07) is 2.28. The molecule has 1 heterocycles. The Labute approximate surface area is 114 Å². The molecule has 106 valence electrons. The fourth-order valence-corrected chi connectivity index (χ4v) is 1.85. The van der Waals surface area contributed by atoms with Gasteiger partial charge in [-0.05, 0) is 19.1 Å². The van der Waals surface area contributed by atoms with Crippen LogP contribution in [0.4, 0.5) is 10.2 Å². The van der Waals surface area contributed by atoms with E-state index < -0.39 is 17.8 Å². The molecule has 0 fully saturated rings. The molecule has 1 N–H and O–H groups in total. The SMILES string of the molecule is COc1ccc2c(N(C)C(C)C(=O)O)ncnc2c1F. The van der Waals surface area contributed by atoms with Crippen LogP contribution < -0.4 is 9.64 Å². The Morgan fingerprint density at radius 3 is 2.75 bits per heavy atom. The van der Waals surface area contributed by atoms with Gasteiger partial charge in [0.15, 0.2) is 11.6 Å². The average molecular weight is 279 g/mol. The van der Waals surface area contributed by atoms with Crippen LogP contribution >= 0.6 is 0 Å². The van der Waals surface area contributed by atoms with Crippen molar-refractivity contribution in [3.8, 4) is 5.75 Å². The quantitative estimate of drug-likeness (QED) is 0.917. The molecular weight excluding hydrogens is 265 g/mol. The Kier molecular flexibility index (Phi) is 3.69. The molecule has 7 heteroatoms. The lowest BCUT2D eigenvalue weighted by Crippen LogP contribution is -2.36. The summed E-state index contributed by atoms with van der Waals surface area (Å²) in [5.74, 6) is -1.15. The first-order valence-electron chi connectivity index (χ1n) is 5.90. The fraction of sp³-hybridized carbons (Fsp3) is 0.308. The molecule has 1 atom stereocenters. The zero-order valence-corrected chi connectivity index (χ0v) is 11.3. The summed E-state index contributed by atoms with van der Waals surface area (Å²) in [6.45, 7) is 1.52. The van der Waals surface area contributed by atoms with Crippen LogP contribution in [-0.2, 0) is 4.79 Å². The molecule has 1 aromatic heterocycles. The molecule has 2 aromatic rings. The predicted octanol–water partition coefficient (Wildman–Crippen LogP) is 1.69. The van der Waals surface area contributed by atoms with Gasteiger partial charge in [0.25, 0.3) is 0 Å². The predicted molar refractivity (Wildman–Crippen MR) is 71.5 cm³/mol. The number of likely N-dealkylation sites (N-methyl/N-ethyl adjacent to an activating group) is 1. The summed E-state index contributed by atoms with van der Waals surface area (Å²) in [6.07, 6.45) is 1.20. The van der Waals surface area contributed by atoms with Gasteiger partial charge in [0.2, 0.25) is 0 Å². The van der Waals surface area contributed by atoms with Crippen molar-refractivity contribution >= 4 is 22.7 Å². The van der Waals surface area contributed by atoms with E-state index in [4.69, 9.17) is 9.84 Å². The Morgan fingerprint density at radius 1 is 1.45 bits per heavy atom. The third kappa shape index (κ3) is 2.22. The van der Waals surface area contributed by atoms with Crippen LogP contribution in [0, 0.1) is 5.82 Å². The van der Waals surface area contributed by atoms with Gasteiger partial charge in [0.05, 0.1) is 7.11 Å². The van der Waals surface area contributed by atoms with E-state index in [1.54, 1.807) is 13.1 Å². The number of nitrogens with zero attached hydrogens (tertiary/aromatic N) is 3. The molecule has 2 rings (SSSR count). The van der Waals surface area contributed by atoms with Crippen LogP contribution in [-0.4, -0.2) is 41.2 Å². The number of carboxylic acids is 1. The number of carbonyl (C=O) groups is 1. The van der Waals surface area contributed by atoms with Crippen molar-refractivity contribution in [2.45, 2.75) is 13.0 Å². The highest BCUT2D eigenvalue weighted by Gasteiger charge is 2.21. The number of rotatable bonds is 4. The van der Waals surface area contributed by atoms with Crippen LogP contribution in [0.1, 0.15) is 6.92 Å². The fourth-order valence-electron chi connectivity index (χ4n) is 1.85. The molecule has 20 heavy (non-hydrogen) atoms. The van der Waals surface area contributed by atoms with Gasteiger partial charge in [-0.25, -0.2) is 19.2 Å². The standard InChI is InChI=1S/C13H14FN3O3/c1-7(13(18)19)17(2)12-8-4-5-9(20-3)10(14)11(8)15-6-16-12/h4-7H,1-3H3,(H,18,19). The topological polar surface area (TPSA) is 75.5 Å². The highest BCUT2D eigenvalue weighted by molar-refractivity contribution is 5.92. The number of ether oxygens (including phenoxy) is 1. The van der Waals surface area contributed by atoms with Crippen LogP contribution in [0.2, 0.25) is 0 Å². The number of benzene rings is 1. The first kappa shape index (κ1) is 14.0. The number of anilines is 1. The van der Waals surface area contributed by atoms with Crippen molar-refractivity contribution in [2.75, 3.05) is 19.1 Å². The summed E-state index contributed by atoms with van der Waals surface area (Å²) < 4.78 is 19.0. The zero-order valence-electron chi connectivity index (χ0n) is 11.3. The van der Waals surface area contributed by atoms with E-state index in [1.165, 1.54) is 31.3 Å². The second kappa shape index (κ2) is 5.28. The average Bonchev–Trinajstić information content (AvgIpc) is 2.45. The van der Waals surface area contributed by atoms with Gasteiger partial charge in [0, 0.05) is 12.4 Å². The van der Waals surface area contributed by atoms with Gasteiger partial charge in [-0.2, -0.15) is 0 Å². The van der Waals surface area contributed by atoms with Gasteiger partial charge in [0.1, 0.15) is 23.7 Å². The van der Waals surface area contributed by atoms with E-state index in [1.807, 2.05) is 0 Å². The van der Waals surface area contributed by atoms with E-state index in [-0.39, 0.29) is 11.3 Å². The van der Waals surface area contributed by atoms with Crippen LogP contribution in [0.5, 0.6) is 5.75 Å². The number of methoxy groups -OCH3 is 1. The number of aromatic nitrogens is 2. The van der Waals surface area contributed by atoms with E-state index in [2.05, 4.69) is 9.97 Å². The molecule has 1 aromatic carbocycles. The van der Waals surface area contributed by atoms with Crippen LogP contribution in [0.3, 0.4) is 0 Å². The summed E-state index contributed by atoms with van der Waals surface area (Å²) in [5.41, 5.74) is 0.0961. The molecule has 0 aliphatic heterocycles. The summed E-state index contributed by atoms with van der Waals surface area (Å²) >= 11 is 0. The number of hydrogen-bond donors (Lipinski definition) is 1. The van der Waals surface area contributed by atoms with Gasteiger partial charge in [-0.1, -0.05) is 0 Å². The van der Waals surface area contributed by atoms with Crippen molar-refractivity contribution in [1.29, 1.82) is 0 Å². The maximum absolute atomic E-state index is 14.1. The molecule has 0 saturated heterocycles. The van der Waals surface area contributed by atoms with Crippen molar-refractivity contribution in [2.24, 2.45) is 0 Å². The van der Waals surface area contributed by atoms with Gasteiger partial charge >= 0.3 is 5.97 Å². The third-order valence-electron chi connectivity index (χ3n) is 3.18. The molecule has 0 bridgehead atoms. The monoisotopic (exact) mass is 279 g/mol. The van der Waals surface area contributed by atoms with E-state index >= 15 is 0 Å². The van der Waals surface area contributed by atoms with Gasteiger partial charge in [-0.15, -0.1) is 0 Å². The smallest absolute Gasteiger partial charge is 0.326 e. The zero-order chi connectivity index (χ0) is 14.9. The Hall–Kier alpha value is -2.44. The maximum atomic E-state index is 14.1. The molecule has 0 saturated carbocycles. The lowest BCUT2D eigenvalue weighted by Gasteiger charge is -2.23. The second-order valence-electron chi connectivity index (χ2n) is 4.30. The van der Waals surface area contributed by atoms with Crippen LogP contribution in [0.25, 0.3) is 10.9 Å². The highest BCUT2D eigenvalue weighted by atomic mass is 19.1. The lowest BCUT2D eigenvalue weighted by atomic mass is 10.2. The molecule has 1 unspecified atom stereocenters. The minimum atomic E-state index is -0.992. The first-order valence-corrected chi connectivity index (χ1v) is 5.90. The summed E-state index contributed by atoms with van der Waals surface area (Å²) in [7, 11) is 2.95. The Bertz CT molecular complexity index is 663. The van der Waals surface area contributed by atoms with Crippen LogP contribution in [0.15, 0.2) is 18.5 Å². The summed E-state index contributed by atoms with van der Waals surface area (Å²) in [5, 5.41) is 9.48. The van der Waals surface area contributed by atoms with Crippen molar-refractivity contribution in [1.82, 2.24) is 9.97 Å². The van der Waals surface area contributed by atoms with E-state index in [0.29, 0.717) is 11.2 Å². The minimum Gasteiger partial charge on any atom is -0.494 e. The highest BCUT2D eigenvalue weighted by Crippen LogP contribution is 2.29. The second-order valence-corrected chi connectivity index (χ2v) is 4.30. The molecule has 0 aliphatic carbocycles. The number of carboxylic acid groups (broad SMARTS) is 1. The molecule has 0 aliphatic rings. The normalized spacial score (nSPS) is 12.2. The molecule has 0 spiro atoms. The Balaban J connectivity index is 2.61. The van der Waals surface area contributed by atoms with Crippen molar-refractivity contribution in [3.63, 3.8) is 0 Å². The number of hydrogen-bond acceptors (Lipinski definition) is 5. The van der Waals surface area contributed by atoms with Gasteiger partial charge in [-0.3, -0.25) is 0 Å². The van der Waals surface area contributed by atoms with E-state index in [0.717, 1.165) is 0 Å². The van der Waals surface area contributed by atoms with E-state index in [9.17, 15) is 9.18 Å².